The molecule has 10 heavy (non-hydrogen) atoms. The fourth-order valence-electron chi connectivity index (χ4n) is 0.492. The van der Waals surface area contributed by atoms with Crippen molar-refractivity contribution in [3.8, 4) is 0 Å². The van der Waals surface area contributed by atoms with E-state index < -0.39 is 6.10 Å². The summed E-state index contributed by atoms with van der Waals surface area (Å²) in [5.74, 6) is 0.445. The summed E-state index contributed by atoms with van der Waals surface area (Å²) in [5.41, 5.74) is 0. The first kappa shape index (κ1) is 9.88. The van der Waals surface area contributed by atoms with E-state index in [2.05, 4.69) is 0 Å². The lowest BCUT2D eigenvalue weighted by atomic mass is 10.2. The second-order valence-corrected chi connectivity index (χ2v) is 2.71. The van der Waals surface area contributed by atoms with Gasteiger partial charge in [-0.2, -0.15) is 0 Å². The van der Waals surface area contributed by atoms with Crippen LogP contribution in [0.2, 0.25) is 0 Å². The predicted molar refractivity (Wildman–Crippen MR) is 38.7 cm³/mol. The molecule has 0 aromatic heterocycles. The van der Waals surface area contributed by atoms with Crippen LogP contribution in [-0.2, 0) is 4.74 Å². The molecule has 0 spiro atoms. The third kappa shape index (κ3) is 4.73. The molecule has 0 aromatic carbocycles. The Labute approximate surface area is 61.6 Å². The third-order valence-corrected chi connectivity index (χ3v) is 1.07. The lowest BCUT2D eigenvalue weighted by molar-refractivity contribution is -0.0294. The molecule has 0 aliphatic rings. The monoisotopic (exact) mass is 148 g/mol. The van der Waals surface area contributed by atoms with Crippen molar-refractivity contribution >= 4 is 0 Å². The van der Waals surface area contributed by atoms with Crippen LogP contribution in [0.4, 0.5) is 0 Å². The molecular formula is C7H16O3. The normalized spacial score (nSPS) is 11.4. The molecule has 0 bridgehead atoms. The zero-order valence-corrected chi connectivity index (χ0v) is 6.58. The molecule has 2 N–H and O–H groups in total. The molecule has 0 saturated carbocycles. The van der Waals surface area contributed by atoms with Crippen molar-refractivity contribution in [3.63, 3.8) is 0 Å². The van der Waals surface area contributed by atoms with Gasteiger partial charge in [-0.3, -0.25) is 0 Å². The highest BCUT2D eigenvalue weighted by Gasteiger charge is 2.05. The minimum absolute atomic E-state index is 0.108. The molecule has 0 aromatic rings. The van der Waals surface area contributed by atoms with Gasteiger partial charge in [-0.05, 0) is 5.92 Å². The van der Waals surface area contributed by atoms with Crippen molar-refractivity contribution in [2.24, 2.45) is 5.92 Å². The first-order valence-electron chi connectivity index (χ1n) is 3.54. The van der Waals surface area contributed by atoms with Crippen molar-refractivity contribution in [1.82, 2.24) is 0 Å². The van der Waals surface area contributed by atoms with Gasteiger partial charge in [-0.15, -0.1) is 0 Å². The van der Waals surface area contributed by atoms with Gasteiger partial charge in [0, 0.05) is 6.61 Å². The van der Waals surface area contributed by atoms with Crippen LogP contribution >= 0.6 is 0 Å². The maximum Gasteiger partial charge on any atom is 0.104 e. The average molecular weight is 148 g/mol. The van der Waals surface area contributed by atoms with E-state index in [0.29, 0.717) is 12.5 Å². The lowest BCUT2D eigenvalue weighted by Gasteiger charge is -2.13. The average Bonchev–Trinajstić information content (AvgIpc) is 1.90. The second kappa shape index (κ2) is 5.65. The van der Waals surface area contributed by atoms with E-state index in [1.165, 1.54) is 0 Å². The molecule has 0 saturated heterocycles. The maximum atomic E-state index is 8.55. The highest BCUT2D eigenvalue weighted by molar-refractivity contribution is 4.52. The van der Waals surface area contributed by atoms with Gasteiger partial charge in [0.05, 0.1) is 13.2 Å². The van der Waals surface area contributed by atoms with Crippen LogP contribution in [0.25, 0.3) is 0 Å². The quantitative estimate of drug-likeness (QED) is 0.577. The van der Waals surface area contributed by atoms with Crippen LogP contribution < -0.4 is 0 Å². The van der Waals surface area contributed by atoms with E-state index >= 15 is 0 Å². The Hall–Kier alpha value is -0.120. The fourth-order valence-corrected chi connectivity index (χ4v) is 0.492. The van der Waals surface area contributed by atoms with Crippen LogP contribution in [0.5, 0.6) is 0 Å². The van der Waals surface area contributed by atoms with Crippen LogP contribution in [0.15, 0.2) is 0 Å². The summed E-state index contributed by atoms with van der Waals surface area (Å²) in [4.78, 5) is 0. The maximum absolute atomic E-state index is 8.55. The summed E-state index contributed by atoms with van der Waals surface area (Å²) in [7, 11) is 0. The molecule has 0 amide bonds. The molecule has 0 unspecified atom stereocenters. The number of rotatable bonds is 5. The predicted octanol–water partition coefficient (Wildman–Crippen LogP) is 0.0122. The van der Waals surface area contributed by atoms with Gasteiger partial charge in [0.1, 0.15) is 6.10 Å². The molecule has 0 radical (unpaired) electrons. The van der Waals surface area contributed by atoms with Gasteiger partial charge in [-0.25, -0.2) is 0 Å². The van der Waals surface area contributed by atoms with Gasteiger partial charge < -0.3 is 14.9 Å². The van der Waals surface area contributed by atoms with Crippen LogP contribution in [-0.4, -0.2) is 36.1 Å². The standard InChI is InChI=1S/C7H16O3/c1-6(2)5-10-7(3-8)4-9/h6-9H,3-5H2,1-2H3. The Morgan fingerprint density at radius 3 is 2.00 bits per heavy atom. The van der Waals surface area contributed by atoms with Gasteiger partial charge >= 0.3 is 0 Å². The number of hydrogen-bond acceptors (Lipinski definition) is 3. The Morgan fingerprint density at radius 2 is 1.70 bits per heavy atom. The highest BCUT2D eigenvalue weighted by atomic mass is 16.5. The summed E-state index contributed by atoms with van der Waals surface area (Å²) < 4.78 is 5.10. The van der Waals surface area contributed by atoms with Crippen molar-refractivity contribution in [2.75, 3.05) is 19.8 Å². The lowest BCUT2D eigenvalue weighted by Crippen LogP contribution is -2.23. The summed E-state index contributed by atoms with van der Waals surface area (Å²) in [6.45, 7) is 4.41. The van der Waals surface area contributed by atoms with Gasteiger partial charge in [0.25, 0.3) is 0 Å². The molecule has 0 aliphatic heterocycles. The van der Waals surface area contributed by atoms with Crippen molar-refractivity contribution < 1.29 is 14.9 Å². The van der Waals surface area contributed by atoms with Crippen molar-refractivity contribution in [2.45, 2.75) is 20.0 Å². The first-order valence-corrected chi connectivity index (χ1v) is 3.54. The minimum Gasteiger partial charge on any atom is -0.394 e. The van der Waals surface area contributed by atoms with Crippen molar-refractivity contribution in [3.05, 3.63) is 0 Å². The molecule has 3 nitrogen and oxygen atoms in total. The smallest absolute Gasteiger partial charge is 0.104 e. The van der Waals surface area contributed by atoms with Crippen LogP contribution in [0, 0.1) is 5.92 Å². The molecule has 3 heteroatoms. The molecule has 0 atom stereocenters. The van der Waals surface area contributed by atoms with E-state index in [1.807, 2.05) is 13.8 Å². The fraction of sp³-hybridized carbons (Fsp3) is 1.00. The second-order valence-electron chi connectivity index (χ2n) is 2.71. The molecule has 0 fully saturated rings. The Kier molecular flexibility index (Phi) is 5.58. The largest absolute Gasteiger partial charge is 0.394 e. The molecule has 0 heterocycles. The van der Waals surface area contributed by atoms with Gasteiger partial charge in [-0.1, -0.05) is 13.8 Å². The summed E-state index contributed by atoms with van der Waals surface area (Å²) in [6.07, 6.45) is -0.401. The van der Waals surface area contributed by atoms with Crippen LogP contribution in [0.3, 0.4) is 0 Å². The van der Waals surface area contributed by atoms with E-state index in [1.54, 1.807) is 0 Å². The number of hydrogen-bond donors (Lipinski definition) is 2. The highest BCUT2D eigenvalue weighted by Crippen LogP contribution is 1.96. The van der Waals surface area contributed by atoms with Crippen molar-refractivity contribution in [1.29, 1.82) is 0 Å². The summed E-state index contributed by atoms with van der Waals surface area (Å²) in [6, 6.07) is 0. The Morgan fingerprint density at radius 1 is 1.20 bits per heavy atom. The number of aliphatic hydroxyl groups excluding tert-OH is 2. The third-order valence-electron chi connectivity index (χ3n) is 1.07. The summed E-state index contributed by atoms with van der Waals surface area (Å²) in [5, 5.41) is 17.1. The minimum atomic E-state index is -0.401. The molecule has 0 aliphatic carbocycles. The zero-order valence-electron chi connectivity index (χ0n) is 6.58. The van der Waals surface area contributed by atoms with E-state index in [9.17, 15) is 0 Å². The van der Waals surface area contributed by atoms with E-state index in [-0.39, 0.29) is 13.2 Å². The SMILES string of the molecule is CC(C)COC(CO)CO. The Balaban J connectivity index is 3.26. The first-order chi connectivity index (χ1) is 4.70. The molecule has 0 rings (SSSR count). The van der Waals surface area contributed by atoms with Gasteiger partial charge in [0.2, 0.25) is 0 Å². The number of aliphatic hydroxyl groups is 2. The van der Waals surface area contributed by atoms with Gasteiger partial charge in [0.15, 0.2) is 0 Å². The number of ether oxygens (including phenoxy) is 1. The van der Waals surface area contributed by atoms with Crippen LogP contribution in [0.1, 0.15) is 13.8 Å². The molecule has 62 valence electrons. The molecular weight excluding hydrogens is 132 g/mol. The van der Waals surface area contributed by atoms with E-state index in [4.69, 9.17) is 14.9 Å². The summed E-state index contributed by atoms with van der Waals surface area (Å²) >= 11 is 0. The zero-order chi connectivity index (χ0) is 7.98. The van der Waals surface area contributed by atoms with E-state index in [0.717, 1.165) is 0 Å². The topological polar surface area (TPSA) is 49.7 Å². The Bertz CT molecular complexity index is 69.3.